The molecule has 10 heteroatoms. The van der Waals surface area contributed by atoms with Crippen LogP contribution in [0, 0.1) is 0 Å². The molecule has 5 rings (SSSR count). The number of aromatic nitrogens is 6. The quantitative estimate of drug-likeness (QED) is 0.428. The van der Waals surface area contributed by atoms with Crippen molar-refractivity contribution in [2.24, 2.45) is 7.05 Å². The third kappa shape index (κ3) is 4.39. The highest BCUT2D eigenvalue weighted by atomic mass is 16.5. The summed E-state index contributed by atoms with van der Waals surface area (Å²) in [5, 5.41) is 17.7. The molecule has 4 aromatic rings. The molecule has 1 unspecified atom stereocenters. The Morgan fingerprint density at radius 3 is 2.92 bits per heavy atom. The van der Waals surface area contributed by atoms with Crippen molar-refractivity contribution in [1.82, 2.24) is 34.7 Å². The molecule has 36 heavy (non-hydrogen) atoms. The van der Waals surface area contributed by atoms with Gasteiger partial charge in [-0.15, -0.1) is 5.10 Å². The van der Waals surface area contributed by atoms with Crippen LogP contribution < -0.4 is 9.47 Å². The van der Waals surface area contributed by atoms with Crippen LogP contribution in [-0.4, -0.2) is 66.7 Å². The molecule has 0 amide bonds. The van der Waals surface area contributed by atoms with Gasteiger partial charge in [-0.2, -0.15) is 10.2 Å². The second-order valence-electron chi connectivity index (χ2n) is 8.89. The van der Waals surface area contributed by atoms with Gasteiger partial charge in [0.1, 0.15) is 12.4 Å². The molecular formula is C26H31N7O3. The van der Waals surface area contributed by atoms with Crippen LogP contribution in [0.4, 0.5) is 0 Å². The Balaban J connectivity index is 1.70. The molecule has 0 radical (unpaired) electrons. The van der Waals surface area contributed by atoms with Gasteiger partial charge in [-0.1, -0.05) is 13.0 Å². The molecule has 188 valence electrons. The lowest BCUT2D eigenvalue weighted by Crippen LogP contribution is -2.34. The highest BCUT2D eigenvalue weighted by Crippen LogP contribution is 2.34. The molecule has 2 bridgehead atoms. The molecule has 1 aliphatic rings. The molecule has 3 aromatic heterocycles. The van der Waals surface area contributed by atoms with Gasteiger partial charge in [0, 0.05) is 25.5 Å². The Bertz CT molecular complexity index is 1410. The van der Waals surface area contributed by atoms with Crippen LogP contribution in [0.1, 0.15) is 37.7 Å². The Kier molecular flexibility index (Phi) is 6.60. The standard InChI is InChI=1S/C26H31N7O3/c1-5-32-15-17(3)36-26-21(14-27-31(26)4)18-7-9-22-20(13-18)23(29-28-22)10-8-19-24(16-32)33(11-12-34)30-25(19)35-6-2/h7-10,12-14,17H,5-6,11,15-16H2,1-4H3,(H,28,29)/b10-8+. The first-order valence-corrected chi connectivity index (χ1v) is 12.3. The number of hydrogen-bond acceptors (Lipinski definition) is 7. The molecule has 1 N–H and O–H groups in total. The number of hydrogen-bond donors (Lipinski definition) is 1. The lowest BCUT2D eigenvalue weighted by molar-refractivity contribution is -0.108. The third-order valence-electron chi connectivity index (χ3n) is 6.44. The molecule has 1 aliphatic heterocycles. The molecule has 0 saturated heterocycles. The molecule has 0 spiro atoms. The minimum atomic E-state index is -0.106. The van der Waals surface area contributed by atoms with Crippen LogP contribution in [0.15, 0.2) is 24.4 Å². The SMILES string of the molecule is CCOc1nn(CC=O)c2c1/C=C/c1[nH]nc3ccc(cc13)-c1cnn(C)c1OC(C)CN(CC)C2. The second kappa shape index (κ2) is 9.98. The summed E-state index contributed by atoms with van der Waals surface area (Å²) in [5.41, 5.74) is 5.43. The van der Waals surface area contributed by atoms with E-state index in [-0.39, 0.29) is 12.6 Å². The van der Waals surface area contributed by atoms with E-state index in [0.29, 0.717) is 25.6 Å². The van der Waals surface area contributed by atoms with Crippen LogP contribution >= 0.6 is 0 Å². The number of carbonyl (C=O) groups excluding carboxylic acids is 1. The summed E-state index contributed by atoms with van der Waals surface area (Å²) in [6.07, 6.45) is 6.58. The number of aromatic amines is 1. The maximum absolute atomic E-state index is 11.5. The van der Waals surface area contributed by atoms with Gasteiger partial charge >= 0.3 is 0 Å². The lowest BCUT2D eigenvalue weighted by atomic mass is 10.1. The number of benzene rings is 1. The van der Waals surface area contributed by atoms with E-state index in [2.05, 4.69) is 45.2 Å². The van der Waals surface area contributed by atoms with E-state index in [1.807, 2.05) is 44.5 Å². The molecule has 1 atom stereocenters. The van der Waals surface area contributed by atoms with Crippen molar-refractivity contribution in [3.63, 3.8) is 0 Å². The van der Waals surface area contributed by atoms with Crippen LogP contribution in [0.5, 0.6) is 11.8 Å². The summed E-state index contributed by atoms with van der Waals surface area (Å²) in [4.78, 5) is 13.7. The number of carbonyl (C=O) groups is 1. The Morgan fingerprint density at radius 1 is 1.28 bits per heavy atom. The van der Waals surface area contributed by atoms with Crippen LogP contribution in [0.25, 0.3) is 34.2 Å². The van der Waals surface area contributed by atoms with E-state index in [0.717, 1.165) is 57.7 Å². The number of nitrogens with zero attached hydrogens (tertiary/aromatic N) is 6. The highest BCUT2D eigenvalue weighted by molar-refractivity contribution is 5.93. The normalized spacial score (nSPS) is 17.2. The maximum atomic E-state index is 11.5. The molecule has 0 aliphatic carbocycles. The van der Waals surface area contributed by atoms with Crippen LogP contribution in [0.3, 0.4) is 0 Å². The van der Waals surface area contributed by atoms with E-state index in [4.69, 9.17) is 9.47 Å². The van der Waals surface area contributed by atoms with E-state index in [9.17, 15) is 4.79 Å². The number of aldehydes is 1. The molecule has 4 heterocycles. The van der Waals surface area contributed by atoms with E-state index in [1.54, 1.807) is 9.36 Å². The molecule has 10 nitrogen and oxygen atoms in total. The number of ether oxygens (including phenoxy) is 2. The highest BCUT2D eigenvalue weighted by Gasteiger charge is 2.23. The third-order valence-corrected chi connectivity index (χ3v) is 6.44. The van der Waals surface area contributed by atoms with E-state index in [1.165, 1.54) is 0 Å². The lowest BCUT2D eigenvalue weighted by Gasteiger charge is -2.25. The van der Waals surface area contributed by atoms with Gasteiger partial charge in [0.05, 0.1) is 47.4 Å². The first-order chi connectivity index (χ1) is 17.5. The maximum Gasteiger partial charge on any atom is 0.240 e. The number of H-pyrrole nitrogens is 1. The van der Waals surface area contributed by atoms with Gasteiger partial charge in [0.25, 0.3) is 0 Å². The van der Waals surface area contributed by atoms with Gasteiger partial charge < -0.3 is 14.3 Å². The second-order valence-corrected chi connectivity index (χ2v) is 8.89. The van der Waals surface area contributed by atoms with Crippen molar-refractivity contribution in [2.75, 3.05) is 19.7 Å². The number of fused-ring (bicyclic) bond motifs is 4. The smallest absolute Gasteiger partial charge is 0.240 e. The zero-order valence-electron chi connectivity index (χ0n) is 21.1. The number of likely N-dealkylation sites (N-methyl/N-ethyl adjacent to an activating group) is 1. The predicted molar refractivity (Wildman–Crippen MR) is 138 cm³/mol. The monoisotopic (exact) mass is 489 g/mol. The minimum absolute atomic E-state index is 0.106. The number of rotatable bonds is 5. The number of aryl methyl sites for hydroxylation is 1. The van der Waals surface area contributed by atoms with Crippen molar-refractivity contribution in [1.29, 1.82) is 0 Å². The van der Waals surface area contributed by atoms with Gasteiger partial charge in [-0.25, -0.2) is 4.68 Å². The van der Waals surface area contributed by atoms with Gasteiger partial charge in [-0.3, -0.25) is 14.7 Å². The van der Waals surface area contributed by atoms with Gasteiger partial charge in [0.15, 0.2) is 0 Å². The van der Waals surface area contributed by atoms with Crippen molar-refractivity contribution < 1.29 is 14.3 Å². The summed E-state index contributed by atoms with van der Waals surface area (Å²) >= 11 is 0. The Morgan fingerprint density at radius 2 is 2.14 bits per heavy atom. The molecule has 1 aromatic carbocycles. The fraction of sp³-hybridized carbons (Fsp3) is 0.385. The molecule has 0 fully saturated rings. The average molecular weight is 490 g/mol. The Labute approximate surface area is 209 Å². The largest absolute Gasteiger partial charge is 0.476 e. The zero-order valence-corrected chi connectivity index (χ0v) is 21.1. The summed E-state index contributed by atoms with van der Waals surface area (Å²) in [5.74, 6) is 1.23. The summed E-state index contributed by atoms with van der Waals surface area (Å²) in [6.45, 7) is 8.80. The van der Waals surface area contributed by atoms with Crippen molar-refractivity contribution in [3.05, 3.63) is 41.3 Å². The summed E-state index contributed by atoms with van der Waals surface area (Å²) in [6, 6.07) is 6.14. The minimum Gasteiger partial charge on any atom is -0.476 e. The fourth-order valence-corrected chi connectivity index (χ4v) is 4.65. The topological polar surface area (TPSA) is 103 Å². The van der Waals surface area contributed by atoms with Crippen molar-refractivity contribution in [2.45, 2.75) is 40.0 Å². The van der Waals surface area contributed by atoms with Crippen molar-refractivity contribution in [3.8, 4) is 22.9 Å². The summed E-state index contributed by atoms with van der Waals surface area (Å²) in [7, 11) is 1.89. The van der Waals surface area contributed by atoms with Gasteiger partial charge in [-0.05, 0) is 50.2 Å². The number of nitrogens with one attached hydrogen (secondary N) is 1. The van der Waals surface area contributed by atoms with E-state index < -0.39 is 0 Å². The van der Waals surface area contributed by atoms with E-state index >= 15 is 0 Å². The van der Waals surface area contributed by atoms with Gasteiger partial charge in [0.2, 0.25) is 11.8 Å². The first kappa shape index (κ1) is 23.8. The molecular weight excluding hydrogens is 458 g/mol. The Hall–Kier alpha value is -3.92. The first-order valence-electron chi connectivity index (χ1n) is 12.3. The van der Waals surface area contributed by atoms with Crippen LogP contribution in [0.2, 0.25) is 0 Å². The van der Waals surface area contributed by atoms with Crippen LogP contribution in [-0.2, 0) is 24.9 Å². The average Bonchev–Trinajstić information content (AvgIpc) is 3.53. The molecule has 0 saturated carbocycles. The predicted octanol–water partition coefficient (Wildman–Crippen LogP) is 3.53. The summed E-state index contributed by atoms with van der Waals surface area (Å²) < 4.78 is 15.8. The fourth-order valence-electron chi connectivity index (χ4n) is 4.65. The van der Waals surface area contributed by atoms with Crippen molar-refractivity contribution >= 4 is 29.3 Å². The zero-order chi connectivity index (χ0) is 25.2.